The highest BCUT2D eigenvalue weighted by molar-refractivity contribution is 7.99. The number of aromatic carboxylic acids is 1. The van der Waals surface area contributed by atoms with Gasteiger partial charge in [0.25, 0.3) is 0 Å². The molecule has 0 fully saturated rings. The van der Waals surface area contributed by atoms with Crippen LogP contribution in [-0.2, 0) is 4.79 Å². The van der Waals surface area contributed by atoms with Gasteiger partial charge in [0.2, 0.25) is 5.91 Å². The summed E-state index contributed by atoms with van der Waals surface area (Å²) in [5.41, 5.74) is 0.0677. The number of thioether (sulfide) groups is 1. The average molecular weight is 313 g/mol. The Labute approximate surface area is 128 Å². The van der Waals surface area contributed by atoms with Crippen LogP contribution in [-0.4, -0.2) is 40.7 Å². The summed E-state index contributed by atoms with van der Waals surface area (Å²) in [7, 11) is 0. The predicted molar refractivity (Wildman–Crippen MR) is 81.2 cm³/mol. The Kier molecular flexibility index (Phi) is 7.22. The summed E-state index contributed by atoms with van der Waals surface area (Å²) in [6, 6.07) is 3.73. The summed E-state index contributed by atoms with van der Waals surface area (Å²) >= 11 is 1.24. The summed E-state index contributed by atoms with van der Waals surface area (Å²) in [4.78, 5) is 24.7. The number of hydrogen-bond donors (Lipinski definition) is 1. The first-order valence-electron chi connectivity index (χ1n) is 6.93. The van der Waals surface area contributed by atoms with E-state index in [0.717, 1.165) is 6.07 Å². The second-order valence-electron chi connectivity index (χ2n) is 4.47. The Hall–Kier alpha value is -1.56. The first kappa shape index (κ1) is 17.5. The van der Waals surface area contributed by atoms with Crippen molar-refractivity contribution in [2.75, 3.05) is 18.8 Å². The SMILES string of the molecule is CCN(CC)C(=O)CCCSc1cc(C(=O)O)ccc1F. The zero-order chi connectivity index (χ0) is 15.8. The van der Waals surface area contributed by atoms with Crippen LogP contribution in [0.25, 0.3) is 0 Å². The first-order chi connectivity index (χ1) is 9.99. The molecule has 0 aromatic heterocycles. The van der Waals surface area contributed by atoms with E-state index in [1.165, 1.54) is 23.9 Å². The summed E-state index contributed by atoms with van der Waals surface area (Å²) in [6.45, 7) is 5.25. The number of hydrogen-bond acceptors (Lipinski definition) is 3. The average Bonchev–Trinajstić information content (AvgIpc) is 2.46. The minimum atomic E-state index is -1.08. The Bertz CT molecular complexity index is 504. The van der Waals surface area contributed by atoms with Crippen molar-refractivity contribution in [3.05, 3.63) is 29.6 Å². The van der Waals surface area contributed by atoms with Gasteiger partial charge >= 0.3 is 5.97 Å². The molecule has 21 heavy (non-hydrogen) atoms. The van der Waals surface area contributed by atoms with E-state index in [9.17, 15) is 14.0 Å². The van der Waals surface area contributed by atoms with Gasteiger partial charge in [0.05, 0.1) is 5.56 Å². The fourth-order valence-electron chi connectivity index (χ4n) is 1.89. The van der Waals surface area contributed by atoms with Gasteiger partial charge in [-0.2, -0.15) is 0 Å². The van der Waals surface area contributed by atoms with Crippen LogP contribution in [0, 0.1) is 5.82 Å². The Balaban J connectivity index is 2.47. The molecule has 6 heteroatoms. The second-order valence-corrected chi connectivity index (χ2v) is 5.61. The van der Waals surface area contributed by atoms with Crippen molar-refractivity contribution in [1.29, 1.82) is 0 Å². The van der Waals surface area contributed by atoms with Crippen molar-refractivity contribution in [1.82, 2.24) is 4.90 Å². The molecule has 1 amide bonds. The molecule has 0 heterocycles. The van der Waals surface area contributed by atoms with Crippen molar-refractivity contribution in [2.45, 2.75) is 31.6 Å². The third kappa shape index (κ3) is 5.38. The lowest BCUT2D eigenvalue weighted by Gasteiger charge is -2.18. The lowest BCUT2D eigenvalue weighted by molar-refractivity contribution is -0.130. The number of rotatable bonds is 8. The molecule has 1 aromatic rings. The number of benzene rings is 1. The van der Waals surface area contributed by atoms with Gasteiger partial charge in [0.15, 0.2) is 0 Å². The normalized spacial score (nSPS) is 10.4. The Morgan fingerprint density at radius 3 is 2.52 bits per heavy atom. The molecule has 1 N–H and O–H groups in total. The van der Waals surface area contributed by atoms with Crippen LogP contribution in [0.4, 0.5) is 4.39 Å². The molecule has 0 aliphatic heterocycles. The molecule has 1 aromatic carbocycles. The topological polar surface area (TPSA) is 57.6 Å². The van der Waals surface area contributed by atoms with E-state index < -0.39 is 11.8 Å². The van der Waals surface area contributed by atoms with Gasteiger partial charge in [0.1, 0.15) is 5.82 Å². The van der Waals surface area contributed by atoms with E-state index in [1.54, 1.807) is 4.90 Å². The molecule has 0 unspecified atom stereocenters. The van der Waals surface area contributed by atoms with E-state index >= 15 is 0 Å². The summed E-state index contributed by atoms with van der Waals surface area (Å²) in [6.07, 6.45) is 1.06. The predicted octanol–water partition coefficient (Wildman–Crippen LogP) is 3.26. The maximum atomic E-state index is 13.6. The maximum Gasteiger partial charge on any atom is 0.335 e. The number of carboxylic acid groups (broad SMARTS) is 1. The van der Waals surface area contributed by atoms with Crippen molar-refractivity contribution < 1.29 is 19.1 Å². The van der Waals surface area contributed by atoms with Gasteiger partial charge in [-0.1, -0.05) is 0 Å². The van der Waals surface area contributed by atoms with Crippen LogP contribution in [0.5, 0.6) is 0 Å². The van der Waals surface area contributed by atoms with Crippen molar-refractivity contribution >= 4 is 23.6 Å². The number of halogens is 1. The third-order valence-corrected chi connectivity index (χ3v) is 4.20. The van der Waals surface area contributed by atoms with Gasteiger partial charge in [0, 0.05) is 24.4 Å². The van der Waals surface area contributed by atoms with Crippen LogP contribution in [0.1, 0.15) is 37.0 Å². The molecule has 0 radical (unpaired) electrons. The van der Waals surface area contributed by atoms with Crippen LogP contribution in [0.3, 0.4) is 0 Å². The summed E-state index contributed by atoms with van der Waals surface area (Å²) < 4.78 is 13.6. The van der Waals surface area contributed by atoms with E-state index in [1.807, 2.05) is 13.8 Å². The van der Waals surface area contributed by atoms with Gasteiger partial charge in [-0.3, -0.25) is 4.79 Å². The first-order valence-corrected chi connectivity index (χ1v) is 7.91. The van der Waals surface area contributed by atoms with E-state index in [4.69, 9.17) is 5.11 Å². The third-order valence-electron chi connectivity index (χ3n) is 3.09. The van der Waals surface area contributed by atoms with E-state index in [2.05, 4.69) is 0 Å². The van der Waals surface area contributed by atoms with Crippen LogP contribution in [0.2, 0.25) is 0 Å². The molecule has 1 rings (SSSR count). The lowest BCUT2D eigenvalue weighted by Crippen LogP contribution is -2.30. The van der Waals surface area contributed by atoms with Crippen molar-refractivity contribution in [2.24, 2.45) is 0 Å². The maximum absolute atomic E-state index is 13.6. The fourth-order valence-corrected chi connectivity index (χ4v) is 2.81. The Morgan fingerprint density at radius 1 is 1.29 bits per heavy atom. The van der Waals surface area contributed by atoms with Crippen molar-refractivity contribution in [3.63, 3.8) is 0 Å². The van der Waals surface area contributed by atoms with Crippen LogP contribution in [0.15, 0.2) is 23.1 Å². The quantitative estimate of drug-likeness (QED) is 0.591. The molecular weight excluding hydrogens is 293 g/mol. The Morgan fingerprint density at radius 2 is 1.95 bits per heavy atom. The zero-order valence-electron chi connectivity index (χ0n) is 12.3. The molecule has 116 valence electrons. The van der Waals surface area contributed by atoms with Gasteiger partial charge < -0.3 is 10.0 Å². The minimum absolute atomic E-state index is 0.0677. The van der Waals surface area contributed by atoms with Gasteiger partial charge in [-0.05, 0) is 44.2 Å². The summed E-state index contributed by atoms with van der Waals surface area (Å²) in [5, 5.41) is 8.88. The molecule has 0 spiro atoms. The zero-order valence-corrected chi connectivity index (χ0v) is 13.1. The number of carboxylic acids is 1. The largest absolute Gasteiger partial charge is 0.478 e. The standard InChI is InChI=1S/C15H20FNO3S/c1-3-17(4-2)14(18)6-5-9-21-13-10-11(15(19)20)7-8-12(13)16/h7-8,10H,3-6,9H2,1-2H3,(H,19,20). The molecular formula is C15H20FNO3S. The van der Waals surface area contributed by atoms with E-state index in [0.29, 0.717) is 36.6 Å². The number of carbonyl (C=O) groups excluding carboxylic acids is 1. The number of carbonyl (C=O) groups is 2. The number of amides is 1. The monoisotopic (exact) mass is 313 g/mol. The molecule has 0 saturated heterocycles. The highest BCUT2D eigenvalue weighted by Gasteiger charge is 2.11. The van der Waals surface area contributed by atoms with Crippen LogP contribution >= 0.6 is 11.8 Å². The molecule has 0 aliphatic rings. The van der Waals surface area contributed by atoms with Gasteiger partial charge in [-0.25, -0.2) is 9.18 Å². The minimum Gasteiger partial charge on any atom is -0.478 e. The van der Waals surface area contributed by atoms with Crippen LogP contribution < -0.4 is 0 Å². The molecule has 0 saturated carbocycles. The number of nitrogens with zero attached hydrogens (tertiary/aromatic N) is 1. The molecule has 0 aliphatic carbocycles. The van der Waals surface area contributed by atoms with E-state index in [-0.39, 0.29) is 11.5 Å². The van der Waals surface area contributed by atoms with Gasteiger partial charge in [-0.15, -0.1) is 11.8 Å². The highest BCUT2D eigenvalue weighted by Crippen LogP contribution is 2.24. The molecule has 0 bridgehead atoms. The fraction of sp³-hybridized carbons (Fsp3) is 0.467. The van der Waals surface area contributed by atoms with Crippen molar-refractivity contribution in [3.8, 4) is 0 Å². The second kappa shape index (κ2) is 8.67. The molecule has 4 nitrogen and oxygen atoms in total. The highest BCUT2D eigenvalue weighted by atomic mass is 32.2. The lowest BCUT2D eigenvalue weighted by atomic mass is 10.2. The smallest absolute Gasteiger partial charge is 0.335 e. The molecule has 0 atom stereocenters. The summed E-state index contributed by atoms with van der Waals surface area (Å²) in [5.74, 6) is -0.832.